The summed E-state index contributed by atoms with van der Waals surface area (Å²) in [4.78, 5) is 24.4. The summed E-state index contributed by atoms with van der Waals surface area (Å²) in [6.07, 6.45) is 0. The Labute approximate surface area is 93.3 Å². The first-order valence-electron chi connectivity index (χ1n) is 4.25. The average molecular weight is 242 g/mol. The van der Waals surface area contributed by atoms with Crippen LogP contribution in [0.2, 0.25) is 5.02 Å². The highest BCUT2D eigenvalue weighted by atomic mass is 35.5. The van der Waals surface area contributed by atoms with Crippen LogP contribution in [0.25, 0.3) is 10.9 Å². The van der Waals surface area contributed by atoms with Crippen LogP contribution in [0.1, 0.15) is 10.4 Å². The summed E-state index contributed by atoms with van der Waals surface area (Å²) in [5.74, 6) is -2.07. The molecule has 0 saturated carbocycles. The van der Waals surface area contributed by atoms with Crippen molar-refractivity contribution >= 4 is 28.5 Å². The first kappa shape index (κ1) is 10.6. The summed E-state index contributed by atoms with van der Waals surface area (Å²) in [6, 6.07) is 3.85. The van der Waals surface area contributed by atoms with Crippen LogP contribution in [0.3, 0.4) is 0 Å². The molecule has 0 aliphatic rings. The minimum atomic E-state index is -1.37. The van der Waals surface area contributed by atoms with E-state index in [9.17, 15) is 14.0 Å². The number of carboxylic acid groups (broad SMARTS) is 1. The highest BCUT2D eigenvalue weighted by molar-refractivity contribution is 6.34. The van der Waals surface area contributed by atoms with Crippen LogP contribution in [-0.4, -0.2) is 16.1 Å². The van der Waals surface area contributed by atoms with E-state index in [1.54, 1.807) is 0 Å². The number of halogens is 2. The predicted molar refractivity (Wildman–Crippen MR) is 56.5 cm³/mol. The van der Waals surface area contributed by atoms with Crippen LogP contribution in [0, 0.1) is 5.82 Å². The third kappa shape index (κ3) is 1.45. The molecule has 0 bridgehead atoms. The molecule has 0 saturated heterocycles. The van der Waals surface area contributed by atoms with E-state index in [0.717, 1.165) is 6.07 Å². The van der Waals surface area contributed by atoms with E-state index in [4.69, 9.17) is 16.7 Å². The quantitative estimate of drug-likeness (QED) is 0.802. The van der Waals surface area contributed by atoms with Crippen molar-refractivity contribution in [1.29, 1.82) is 0 Å². The van der Waals surface area contributed by atoms with Gasteiger partial charge in [-0.2, -0.15) is 0 Å². The molecule has 0 unspecified atom stereocenters. The smallest absolute Gasteiger partial charge is 0.338 e. The maximum atomic E-state index is 13.3. The lowest BCUT2D eigenvalue weighted by Gasteiger charge is -2.04. The van der Waals surface area contributed by atoms with Gasteiger partial charge in [-0.3, -0.25) is 4.79 Å². The highest BCUT2D eigenvalue weighted by Crippen LogP contribution is 2.23. The number of benzene rings is 1. The Morgan fingerprint density at radius 1 is 1.44 bits per heavy atom. The molecule has 0 aliphatic carbocycles. The van der Waals surface area contributed by atoms with E-state index in [0.29, 0.717) is 0 Å². The SMILES string of the molecule is O=C(O)c1c(Cl)c(=O)[nH]c2c(F)cccc12. The summed E-state index contributed by atoms with van der Waals surface area (Å²) >= 11 is 5.57. The predicted octanol–water partition coefficient (Wildman–Crippen LogP) is 2.02. The van der Waals surface area contributed by atoms with Crippen molar-refractivity contribution < 1.29 is 14.3 Å². The molecule has 0 atom stereocenters. The molecule has 6 heteroatoms. The highest BCUT2D eigenvalue weighted by Gasteiger charge is 2.18. The average Bonchev–Trinajstić information content (AvgIpc) is 2.21. The Hall–Kier alpha value is -1.88. The van der Waals surface area contributed by atoms with Gasteiger partial charge in [0, 0.05) is 5.39 Å². The standard InChI is InChI=1S/C10H5ClFNO3/c11-7-6(10(15)16)4-2-1-3-5(12)8(4)13-9(7)14/h1-3H,(H,13,14)(H,15,16). The molecule has 0 amide bonds. The number of rotatable bonds is 1. The van der Waals surface area contributed by atoms with Crippen LogP contribution in [0.5, 0.6) is 0 Å². The number of pyridine rings is 1. The number of aromatic amines is 1. The molecule has 2 N–H and O–H groups in total. The zero-order valence-corrected chi connectivity index (χ0v) is 8.51. The van der Waals surface area contributed by atoms with Crippen molar-refractivity contribution in [1.82, 2.24) is 4.98 Å². The number of hydrogen-bond donors (Lipinski definition) is 2. The van der Waals surface area contributed by atoms with E-state index in [2.05, 4.69) is 4.98 Å². The molecular weight excluding hydrogens is 237 g/mol. The van der Waals surface area contributed by atoms with Gasteiger partial charge in [0.05, 0.1) is 11.1 Å². The molecule has 2 aromatic rings. The second kappa shape index (κ2) is 3.61. The number of fused-ring (bicyclic) bond motifs is 1. The molecule has 0 fully saturated rings. The van der Waals surface area contributed by atoms with Crippen LogP contribution >= 0.6 is 11.6 Å². The van der Waals surface area contributed by atoms with E-state index in [-0.39, 0.29) is 16.5 Å². The third-order valence-corrected chi connectivity index (χ3v) is 2.51. The van der Waals surface area contributed by atoms with Crippen molar-refractivity contribution in [3.05, 3.63) is 45.0 Å². The molecule has 0 radical (unpaired) electrons. The fourth-order valence-electron chi connectivity index (χ4n) is 1.47. The molecule has 4 nitrogen and oxygen atoms in total. The molecule has 1 aromatic carbocycles. The molecule has 16 heavy (non-hydrogen) atoms. The normalized spacial score (nSPS) is 10.6. The second-order valence-corrected chi connectivity index (χ2v) is 3.49. The van der Waals surface area contributed by atoms with Gasteiger partial charge in [-0.05, 0) is 6.07 Å². The van der Waals surface area contributed by atoms with E-state index >= 15 is 0 Å². The van der Waals surface area contributed by atoms with Gasteiger partial charge in [-0.1, -0.05) is 23.7 Å². The number of para-hydroxylation sites is 1. The van der Waals surface area contributed by atoms with Crippen molar-refractivity contribution in [2.75, 3.05) is 0 Å². The summed E-state index contributed by atoms with van der Waals surface area (Å²) in [5.41, 5.74) is -1.37. The number of carbonyl (C=O) groups is 1. The second-order valence-electron chi connectivity index (χ2n) is 3.11. The van der Waals surface area contributed by atoms with Gasteiger partial charge in [0.25, 0.3) is 5.56 Å². The first-order chi connectivity index (χ1) is 7.52. The van der Waals surface area contributed by atoms with Crippen LogP contribution in [0.15, 0.2) is 23.0 Å². The van der Waals surface area contributed by atoms with Gasteiger partial charge in [0.15, 0.2) is 0 Å². The lowest BCUT2D eigenvalue weighted by Crippen LogP contribution is -2.13. The number of nitrogens with one attached hydrogen (secondary N) is 1. The molecule has 0 spiro atoms. The summed E-state index contributed by atoms with van der Waals surface area (Å²) in [6.45, 7) is 0. The molecule has 82 valence electrons. The van der Waals surface area contributed by atoms with E-state index in [1.807, 2.05) is 0 Å². The minimum Gasteiger partial charge on any atom is -0.478 e. The van der Waals surface area contributed by atoms with E-state index in [1.165, 1.54) is 12.1 Å². The fraction of sp³-hybridized carbons (Fsp3) is 0. The molecule has 1 aromatic heterocycles. The number of H-pyrrole nitrogens is 1. The molecule has 0 aliphatic heterocycles. The Balaban J connectivity index is 3.07. The zero-order valence-electron chi connectivity index (χ0n) is 7.75. The van der Waals surface area contributed by atoms with Crippen molar-refractivity contribution in [3.8, 4) is 0 Å². The van der Waals surface area contributed by atoms with Gasteiger partial charge in [-0.25, -0.2) is 9.18 Å². The lowest BCUT2D eigenvalue weighted by molar-refractivity contribution is 0.0699. The lowest BCUT2D eigenvalue weighted by atomic mass is 10.1. The van der Waals surface area contributed by atoms with Crippen molar-refractivity contribution in [2.45, 2.75) is 0 Å². The van der Waals surface area contributed by atoms with Gasteiger partial charge < -0.3 is 10.1 Å². The van der Waals surface area contributed by atoms with Crippen LogP contribution in [-0.2, 0) is 0 Å². The number of carboxylic acids is 1. The Kier molecular flexibility index (Phi) is 2.40. The first-order valence-corrected chi connectivity index (χ1v) is 4.63. The number of hydrogen-bond acceptors (Lipinski definition) is 2. The Morgan fingerprint density at radius 2 is 2.12 bits per heavy atom. The zero-order chi connectivity index (χ0) is 11.9. The third-order valence-electron chi connectivity index (χ3n) is 2.15. The Morgan fingerprint density at radius 3 is 2.75 bits per heavy atom. The summed E-state index contributed by atoms with van der Waals surface area (Å²) in [5, 5.41) is 8.53. The Bertz CT molecular complexity index is 650. The minimum absolute atomic E-state index is 0.0668. The van der Waals surface area contributed by atoms with Gasteiger partial charge in [0.2, 0.25) is 0 Å². The van der Waals surface area contributed by atoms with Gasteiger partial charge >= 0.3 is 5.97 Å². The van der Waals surface area contributed by atoms with E-state index < -0.39 is 22.4 Å². The maximum Gasteiger partial charge on any atom is 0.338 e. The number of aromatic nitrogens is 1. The fourth-order valence-corrected chi connectivity index (χ4v) is 1.70. The monoisotopic (exact) mass is 241 g/mol. The van der Waals surface area contributed by atoms with Crippen LogP contribution < -0.4 is 5.56 Å². The molecule has 1 heterocycles. The number of aromatic carboxylic acids is 1. The van der Waals surface area contributed by atoms with Gasteiger partial charge in [0.1, 0.15) is 10.8 Å². The van der Waals surface area contributed by atoms with Gasteiger partial charge in [-0.15, -0.1) is 0 Å². The maximum absolute atomic E-state index is 13.3. The van der Waals surface area contributed by atoms with Crippen LogP contribution in [0.4, 0.5) is 4.39 Å². The topological polar surface area (TPSA) is 70.2 Å². The molecule has 2 rings (SSSR count). The largest absolute Gasteiger partial charge is 0.478 e. The van der Waals surface area contributed by atoms with Crippen molar-refractivity contribution in [2.24, 2.45) is 0 Å². The summed E-state index contributed by atoms with van der Waals surface area (Å²) < 4.78 is 13.3. The molecular formula is C10H5ClFNO3. The summed E-state index contributed by atoms with van der Waals surface area (Å²) in [7, 11) is 0. The van der Waals surface area contributed by atoms with Crippen molar-refractivity contribution in [3.63, 3.8) is 0 Å².